The molecule has 1 amide bonds. The van der Waals surface area contributed by atoms with Crippen LogP contribution in [-0.2, 0) is 24.3 Å². The Morgan fingerprint density at radius 1 is 1.04 bits per heavy atom. The first kappa shape index (κ1) is 18.6. The number of nitrogens with zero attached hydrogens (tertiary/aromatic N) is 2. The molecule has 0 fully saturated rings. The quantitative estimate of drug-likeness (QED) is 0.660. The van der Waals surface area contributed by atoms with Crippen LogP contribution >= 0.6 is 0 Å². The monoisotopic (exact) mass is 371 g/mol. The first-order chi connectivity index (χ1) is 13.1. The van der Waals surface area contributed by atoms with Gasteiger partial charge in [0.1, 0.15) is 5.75 Å². The highest BCUT2D eigenvalue weighted by atomic mass is 19.3. The molecule has 0 radical (unpaired) electrons. The smallest absolute Gasteiger partial charge is 0.387 e. The van der Waals surface area contributed by atoms with E-state index in [-0.39, 0.29) is 18.1 Å². The maximum Gasteiger partial charge on any atom is 0.387 e. The van der Waals surface area contributed by atoms with Gasteiger partial charge in [-0.25, -0.2) is 4.98 Å². The van der Waals surface area contributed by atoms with Gasteiger partial charge in [0.25, 0.3) is 0 Å². The molecule has 0 atom stereocenters. The number of hydrogen-bond donors (Lipinski definition) is 1. The summed E-state index contributed by atoms with van der Waals surface area (Å²) in [7, 11) is 0. The average Bonchev–Trinajstić information content (AvgIpc) is 3.15. The molecule has 3 aromatic rings. The molecule has 2 aromatic carbocycles. The molecule has 0 aliphatic rings. The summed E-state index contributed by atoms with van der Waals surface area (Å²) in [5.41, 5.74) is 2.87. The van der Waals surface area contributed by atoms with E-state index in [1.807, 2.05) is 35.0 Å². The molecule has 3 rings (SSSR count). The summed E-state index contributed by atoms with van der Waals surface area (Å²) in [5.74, 6) is -0.0649. The van der Waals surface area contributed by atoms with Crippen LogP contribution in [0.4, 0.5) is 8.78 Å². The van der Waals surface area contributed by atoms with Crippen LogP contribution in [0.1, 0.15) is 16.7 Å². The lowest BCUT2D eigenvalue weighted by molar-refractivity contribution is -0.120. The van der Waals surface area contributed by atoms with Gasteiger partial charge in [-0.05, 0) is 28.8 Å². The Hall–Kier alpha value is -3.22. The number of carbonyl (C=O) groups excluding carboxylic acids is 1. The molecule has 0 unspecified atom stereocenters. The maximum atomic E-state index is 12.1. The van der Waals surface area contributed by atoms with E-state index in [4.69, 9.17) is 0 Å². The fraction of sp³-hybridized carbons (Fsp3) is 0.200. The summed E-state index contributed by atoms with van der Waals surface area (Å²) in [6.07, 6.45) is 5.58. The Morgan fingerprint density at radius 2 is 1.70 bits per heavy atom. The molecular formula is C20H19F2N3O2. The van der Waals surface area contributed by atoms with Crippen molar-refractivity contribution in [2.24, 2.45) is 0 Å². The number of nitrogens with one attached hydrogen (secondary N) is 1. The summed E-state index contributed by atoms with van der Waals surface area (Å²) in [6.45, 7) is -1.68. The van der Waals surface area contributed by atoms with Crippen LogP contribution in [0.5, 0.6) is 5.75 Å². The maximum absolute atomic E-state index is 12.1. The number of carbonyl (C=O) groups is 1. The van der Waals surface area contributed by atoms with Crippen molar-refractivity contribution in [2.75, 3.05) is 0 Å². The van der Waals surface area contributed by atoms with Gasteiger partial charge in [-0.3, -0.25) is 4.79 Å². The van der Waals surface area contributed by atoms with E-state index >= 15 is 0 Å². The Kier molecular flexibility index (Phi) is 6.14. The number of ether oxygens (including phenoxy) is 1. The molecule has 140 valence electrons. The summed E-state index contributed by atoms with van der Waals surface area (Å²) in [4.78, 5) is 16.1. The SMILES string of the molecule is O=C(Cc1ccc(OC(F)F)cc1)NCc1ccc(Cn2ccnc2)cc1. The van der Waals surface area contributed by atoms with Crippen LogP contribution in [-0.4, -0.2) is 22.1 Å². The number of aromatic nitrogens is 2. The van der Waals surface area contributed by atoms with Crippen LogP contribution in [0.15, 0.2) is 67.3 Å². The number of imidazole rings is 1. The van der Waals surface area contributed by atoms with Gasteiger partial charge in [0, 0.05) is 25.5 Å². The lowest BCUT2D eigenvalue weighted by Crippen LogP contribution is -2.24. The molecule has 7 heteroatoms. The van der Waals surface area contributed by atoms with Gasteiger partial charge < -0.3 is 14.6 Å². The number of hydrogen-bond acceptors (Lipinski definition) is 3. The standard InChI is InChI=1S/C20H19F2N3O2/c21-20(22)27-18-7-5-15(6-8-18)11-19(26)24-12-16-1-3-17(4-2-16)13-25-10-9-23-14-25/h1-10,14,20H,11-13H2,(H,24,26). The zero-order valence-corrected chi connectivity index (χ0v) is 14.5. The summed E-state index contributed by atoms with van der Waals surface area (Å²) in [6, 6.07) is 14.0. The third kappa shape index (κ3) is 5.91. The third-order valence-electron chi connectivity index (χ3n) is 3.95. The van der Waals surface area contributed by atoms with E-state index in [9.17, 15) is 13.6 Å². The van der Waals surface area contributed by atoms with Gasteiger partial charge >= 0.3 is 6.61 Å². The number of rotatable bonds is 8. The number of alkyl halides is 2. The normalized spacial score (nSPS) is 10.8. The lowest BCUT2D eigenvalue weighted by atomic mass is 10.1. The zero-order valence-electron chi connectivity index (χ0n) is 14.5. The van der Waals surface area contributed by atoms with Crippen LogP contribution in [0.25, 0.3) is 0 Å². The van der Waals surface area contributed by atoms with Crippen molar-refractivity contribution in [2.45, 2.75) is 26.1 Å². The first-order valence-electron chi connectivity index (χ1n) is 8.42. The topological polar surface area (TPSA) is 56.1 Å². The summed E-state index contributed by atoms with van der Waals surface area (Å²) in [5, 5.41) is 2.85. The van der Waals surface area contributed by atoms with Gasteiger partial charge in [0.2, 0.25) is 5.91 Å². The highest BCUT2D eigenvalue weighted by molar-refractivity contribution is 5.78. The summed E-state index contributed by atoms with van der Waals surface area (Å²) < 4.78 is 30.5. The van der Waals surface area contributed by atoms with Gasteiger partial charge in [0.15, 0.2) is 0 Å². The van der Waals surface area contributed by atoms with Crippen LogP contribution in [0.2, 0.25) is 0 Å². The van der Waals surface area contributed by atoms with Crippen molar-refractivity contribution in [1.82, 2.24) is 14.9 Å². The van der Waals surface area contributed by atoms with E-state index in [2.05, 4.69) is 15.0 Å². The summed E-state index contributed by atoms with van der Waals surface area (Å²) >= 11 is 0. The van der Waals surface area contributed by atoms with Crippen LogP contribution in [0, 0.1) is 0 Å². The molecule has 0 aliphatic carbocycles. The third-order valence-corrected chi connectivity index (χ3v) is 3.95. The van der Waals surface area contributed by atoms with E-state index < -0.39 is 6.61 Å². The minimum atomic E-state index is -2.86. The first-order valence-corrected chi connectivity index (χ1v) is 8.42. The van der Waals surface area contributed by atoms with Gasteiger partial charge in [0.05, 0.1) is 12.7 Å². The highest BCUT2D eigenvalue weighted by Crippen LogP contribution is 2.15. The number of halogens is 2. The molecule has 0 bridgehead atoms. The number of benzene rings is 2. The zero-order chi connectivity index (χ0) is 19.1. The van der Waals surface area contributed by atoms with E-state index in [1.165, 1.54) is 12.1 Å². The van der Waals surface area contributed by atoms with Crippen LogP contribution in [0.3, 0.4) is 0 Å². The van der Waals surface area contributed by atoms with Gasteiger partial charge in [-0.1, -0.05) is 36.4 Å². The van der Waals surface area contributed by atoms with Crippen molar-refractivity contribution in [1.29, 1.82) is 0 Å². The van der Waals surface area contributed by atoms with Crippen molar-refractivity contribution in [3.05, 3.63) is 83.9 Å². The largest absolute Gasteiger partial charge is 0.435 e. The second-order valence-electron chi connectivity index (χ2n) is 6.03. The van der Waals surface area contributed by atoms with E-state index in [0.717, 1.165) is 23.2 Å². The molecule has 27 heavy (non-hydrogen) atoms. The molecule has 0 aliphatic heterocycles. The molecular weight excluding hydrogens is 352 g/mol. The van der Waals surface area contributed by atoms with E-state index in [1.54, 1.807) is 24.7 Å². The van der Waals surface area contributed by atoms with Crippen molar-refractivity contribution in [3.63, 3.8) is 0 Å². The van der Waals surface area contributed by atoms with Crippen molar-refractivity contribution in [3.8, 4) is 5.75 Å². The second-order valence-corrected chi connectivity index (χ2v) is 6.03. The number of amides is 1. The van der Waals surface area contributed by atoms with Gasteiger partial charge in [-0.15, -0.1) is 0 Å². The molecule has 0 saturated heterocycles. The Bertz CT molecular complexity index is 848. The Balaban J connectivity index is 1.46. The Morgan fingerprint density at radius 3 is 2.33 bits per heavy atom. The minimum Gasteiger partial charge on any atom is -0.435 e. The predicted molar refractivity (Wildman–Crippen MR) is 96.4 cm³/mol. The minimum absolute atomic E-state index is 0.0740. The second kappa shape index (κ2) is 8.93. The predicted octanol–water partition coefficient (Wildman–Crippen LogP) is 3.39. The van der Waals surface area contributed by atoms with Crippen molar-refractivity contribution < 1.29 is 18.3 Å². The molecule has 1 heterocycles. The van der Waals surface area contributed by atoms with Gasteiger partial charge in [-0.2, -0.15) is 8.78 Å². The average molecular weight is 371 g/mol. The fourth-order valence-corrected chi connectivity index (χ4v) is 2.59. The molecule has 0 saturated carbocycles. The Labute approximate surface area is 155 Å². The lowest BCUT2D eigenvalue weighted by Gasteiger charge is -2.08. The van der Waals surface area contributed by atoms with E-state index in [0.29, 0.717) is 6.54 Å². The molecule has 5 nitrogen and oxygen atoms in total. The fourth-order valence-electron chi connectivity index (χ4n) is 2.59. The molecule has 0 spiro atoms. The van der Waals surface area contributed by atoms with Crippen molar-refractivity contribution >= 4 is 5.91 Å². The molecule has 1 N–H and O–H groups in total. The highest BCUT2D eigenvalue weighted by Gasteiger charge is 2.06. The molecule has 1 aromatic heterocycles. The van der Waals surface area contributed by atoms with Crippen LogP contribution < -0.4 is 10.1 Å².